The molecule has 1 aromatic carbocycles. The van der Waals surface area contributed by atoms with Crippen LogP contribution in [0.2, 0.25) is 0 Å². The maximum atomic E-state index is 13.0. The topological polar surface area (TPSA) is 70.4 Å². The molecule has 6 nitrogen and oxygen atoms in total. The largest absolute Gasteiger partial charge is 0.462 e. The molecular formula is C19H20N2O4S. The molecule has 2 aromatic heterocycles. The summed E-state index contributed by atoms with van der Waals surface area (Å²) >= 11 is 1.41. The number of hydrogen-bond acceptors (Lipinski definition) is 6. The van der Waals surface area contributed by atoms with Crippen LogP contribution in [-0.2, 0) is 14.3 Å². The van der Waals surface area contributed by atoms with Crippen molar-refractivity contribution in [1.29, 1.82) is 0 Å². The number of benzene rings is 1. The van der Waals surface area contributed by atoms with Gasteiger partial charge in [0.05, 0.1) is 18.3 Å². The number of hydrogen-bond donors (Lipinski definition) is 0. The molecule has 3 rings (SSSR count). The molecular weight excluding hydrogens is 352 g/mol. The van der Waals surface area contributed by atoms with Crippen molar-refractivity contribution in [1.82, 2.24) is 9.55 Å². The van der Waals surface area contributed by atoms with Crippen LogP contribution in [0, 0.1) is 0 Å². The van der Waals surface area contributed by atoms with Gasteiger partial charge in [0, 0.05) is 17.6 Å². The minimum atomic E-state index is -0.760. The fourth-order valence-electron chi connectivity index (χ4n) is 2.63. The van der Waals surface area contributed by atoms with E-state index in [1.54, 1.807) is 6.92 Å². The SMILES string of the molecule is CCOCCOC(=O)[C@@H](C)n1cnc2scc(-c3ccccc3)c2c1=O. The molecule has 0 radical (unpaired) electrons. The zero-order valence-electron chi connectivity index (χ0n) is 14.7. The Kier molecular flexibility index (Phi) is 5.80. The summed E-state index contributed by atoms with van der Waals surface area (Å²) in [7, 11) is 0. The second-order valence-corrected chi connectivity index (χ2v) is 6.55. The lowest BCUT2D eigenvalue weighted by Crippen LogP contribution is -2.30. The Morgan fingerprint density at radius 2 is 2.04 bits per heavy atom. The van der Waals surface area contributed by atoms with Gasteiger partial charge in [-0.2, -0.15) is 0 Å². The molecule has 0 N–H and O–H groups in total. The number of ether oxygens (including phenoxy) is 2. The molecule has 2 heterocycles. The van der Waals surface area contributed by atoms with Crippen LogP contribution in [-0.4, -0.2) is 35.3 Å². The number of fused-ring (bicyclic) bond motifs is 1. The summed E-state index contributed by atoms with van der Waals surface area (Å²) in [6.45, 7) is 4.56. The zero-order valence-corrected chi connectivity index (χ0v) is 15.5. The van der Waals surface area contributed by atoms with Crippen LogP contribution in [0.1, 0.15) is 19.9 Å². The van der Waals surface area contributed by atoms with E-state index >= 15 is 0 Å². The summed E-state index contributed by atoms with van der Waals surface area (Å²) in [5.41, 5.74) is 1.53. The van der Waals surface area contributed by atoms with Crippen molar-refractivity contribution in [2.75, 3.05) is 19.8 Å². The Bertz CT molecular complexity index is 949. The maximum absolute atomic E-state index is 13.0. The molecule has 0 aliphatic carbocycles. The third kappa shape index (κ3) is 3.68. The standard InChI is InChI=1S/C19H20N2O4S/c1-3-24-9-10-25-19(23)13(2)21-12-20-17-16(18(21)22)15(11-26-17)14-7-5-4-6-8-14/h4-8,11-13H,3,9-10H2,1-2H3/t13-/m1/s1. The van der Waals surface area contributed by atoms with Gasteiger partial charge in [-0.1, -0.05) is 30.3 Å². The van der Waals surface area contributed by atoms with E-state index in [9.17, 15) is 9.59 Å². The van der Waals surface area contributed by atoms with Crippen LogP contribution in [0.25, 0.3) is 21.3 Å². The molecule has 0 fully saturated rings. The fourth-order valence-corrected chi connectivity index (χ4v) is 3.54. The molecule has 7 heteroatoms. The van der Waals surface area contributed by atoms with Gasteiger partial charge in [0.1, 0.15) is 17.5 Å². The van der Waals surface area contributed by atoms with Crippen molar-refractivity contribution in [2.45, 2.75) is 19.9 Å². The van der Waals surface area contributed by atoms with Crippen molar-refractivity contribution in [3.63, 3.8) is 0 Å². The number of aromatic nitrogens is 2. The molecule has 0 bridgehead atoms. The van der Waals surface area contributed by atoms with Crippen LogP contribution >= 0.6 is 11.3 Å². The first-order valence-corrected chi connectivity index (χ1v) is 9.29. The number of carbonyl (C=O) groups is 1. The lowest BCUT2D eigenvalue weighted by atomic mass is 10.1. The molecule has 26 heavy (non-hydrogen) atoms. The van der Waals surface area contributed by atoms with Gasteiger partial charge in [-0.15, -0.1) is 11.3 Å². The van der Waals surface area contributed by atoms with Gasteiger partial charge in [0.2, 0.25) is 0 Å². The maximum Gasteiger partial charge on any atom is 0.329 e. The van der Waals surface area contributed by atoms with Gasteiger partial charge in [-0.05, 0) is 19.4 Å². The highest BCUT2D eigenvalue weighted by molar-refractivity contribution is 7.17. The number of esters is 1. The van der Waals surface area contributed by atoms with Gasteiger partial charge < -0.3 is 9.47 Å². The second kappa shape index (κ2) is 8.25. The second-order valence-electron chi connectivity index (χ2n) is 5.69. The first-order valence-electron chi connectivity index (χ1n) is 8.41. The van der Waals surface area contributed by atoms with Crippen LogP contribution in [0.4, 0.5) is 0 Å². The molecule has 0 spiro atoms. The van der Waals surface area contributed by atoms with E-state index in [0.29, 0.717) is 23.4 Å². The first kappa shape index (κ1) is 18.3. The zero-order chi connectivity index (χ0) is 18.5. The van der Waals surface area contributed by atoms with E-state index in [1.165, 1.54) is 22.2 Å². The third-order valence-corrected chi connectivity index (χ3v) is 4.92. The van der Waals surface area contributed by atoms with Gasteiger partial charge in [-0.25, -0.2) is 9.78 Å². The van der Waals surface area contributed by atoms with E-state index in [4.69, 9.17) is 9.47 Å². The number of thiophene rings is 1. The molecule has 0 aliphatic rings. The average molecular weight is 372 g/mol. The van der Waals surface area contributed by atoms with Crippen molar-refractivity contribution < 1.29 is 14.3 Å². The highest BCUT2D eigenvalue weighted by Gasteiger charge is 2.21. The first-order chi connectivity index (χ1) is 12.6. The normalized spacial score (nSPS) is 12.2. The molecule has 136 valence electrons. The number of carbonyl (C=O) groups excluding carboxylic acids is 1. The monoisotopic (exact) mass is 372 g/mol. The molecule has 0 saturated heterocycles. The number of nitrogens with zero attached hydrogens (tertiary/aromatic N) is 2. The lowest BCUT2D eigenvalue weighted by Gasteiger charge is -2.14. The highest BCUT2D eigenvalue weighted by atomic mass is 32.1. The molecule has 3 aromatic rings. The van der Waals surface area contributed by atoms with Crippen LogP contribution in [0.3, 0.4) is 0 Å². The van der Waals surface area contributed by atoms with Crippen LogP contribution in [0.5, 0.6) is 0 Å². The third-order valence-electron chi connectivity index (χ3n) is 4.04. The van der Waals surface area contributed by atoms with Gasteiger partial charge in [0.25, 0.3) is 5.56 Å². The Labute approximate surface area is 155 Å². The minimum absolute atomic E-state index is 0.162. The Morgan fingerprint density at radius 1 is 1.27 bits per heavy atom. The molecule has 0 saturated carbocycles. The molecule has 0 aliphatic heterocycles. The molecule has 0 amide bonds. The predicted molar refractivity (Wildman–Crippen MR) is 101 cm³/mol. The van der Waals surface area contributed by atoms with E-state index < -0.39 is 12.0 Å². The van der Waals surface area contributed by atoms with E-state index in [1.807, 2.05) is 42.6 Å². The fraction of sp³-hybridized carbons (Fsp3) is 0.316. The smallest absolute Gasteiger partial charge is 0.329 e. The van der Waals surface area contributed by atoms with Gasteiger partial charge in [0.15, 0.2) is 0 Å². The predicted octanol–water partition coefficient (Wildman–Crippen LogP) is 3.27. The number of rotatable bonds is 7. The van der Waals surface area contributed by atoms with E-state index in [-0.39, 0.29) is 12.2 Å². The summed E-state index contributed by atoms with van der Waals surface area (Å²) in [4.78, 5) is 30.2. The summed E-state index contributed by atoms with van der Waals surface area (Å²) in [5.74, 6) is -0.482. The minimum Gasteiger partial charge on any atom is -0.462 e. The average Bonchev–Trinajstić information content (AvgIpc) is 3.10. The summed E-state index contributed by atoms with van der Waals surface area (Å²) in [6, 6.07) is 8.91. The van der Waals surface area contributed by atoms with Crippen molar-refractivity contribution in [3.8, 4) is 11.1 Å². The lowest BCUT2D eigenvalue weighted by molar-refractivity contribution is -0.148. The summed E-state index contributed by atoms with van der Waals surface area (Å²) < 4.78 is 11.6. The highest BCUT2D eigenvalue weighted by Crippen LogP contribution is 2.30. The summed E-state index contributed by atoms with van der Waals surface area (Å²) in [6.07, 6.45) is 1.41. The van der Waals surface area contributed by atoms with Crippen LogP contribution < -0.4 is 5.56 Å². The Balaban J connectivity index is 1.91. The Hall–Kier alpha value is -2.51. The van der Waals surface area contributed by atoms with E-state index in [2.05, 4.69) is 4.98 Å². The van der Waals surface area contributed by atoms with Crippen molar-refractivity contribution >= 4 is 27.5 Å². The quantitative estimate of drug-likeness (QED) is 0.470. The van der Waals surface area contributed by atoms with Crippen molar-refractivity contribution in [2.24, 2.45) is 0 Å². The van der Waals surface area contributed by atoms with Gasteiger partial charge >= 0.3 is 5.97 Å². The van der Waals surface area contributed by atoms with Crippen molar-refractivity contribution in [3.05, 3.63) is 52.4 Å². The van der Waals surface area contributed by atoms with Gasteiger partial charge in [-0.3, -0.25) is 9.36 Å². The molecule has 1 atom stereocenters. The Morgan fingerprint density at radius 3 is 2.77 bits per heavy atom. The summed E-state index contributed by atoms with van der Waals surface area (Å²) in [5, 5.41) is 2.45. The van der Waals surface area contributed by atoms with E-state index in [0.717, 1.165) is 11.1 Å². The van der Waals surface area contributed by atoms with Crippen LogP contribution in [0.15, 0.2) is 46.8 Å². The molecule has 0 unspecified atom stereocenters.